The molecule has 2 heterocycles. The highest BCUT2D eigenvalue weighted by molar-refractivity contribution is 5.96. The molecule has 1 aliphatic carbocycles. The predicted octanol–water partition coefficient (Wildman–Crippen LogP) is 4.97. The summed E-state index contributed by atoms with van der Waals surface area (Å²) in [6, 6.07) is 10.2. The van der Waals surface area contributed by atoms with Crippen molar-refractivity contribution in [3.63, 3.8) is 0 Å². The Hall–Kier alpha value is -2.79. The van der Waals surface area contributed by atoms with E-state index < -0.39 is 0 Å². The summed E-state index contributed by atoms with van der Waals surface area (Å²) < 4.78 is 17.4. The number of rotatable bonds is 6. The third-order valence-electron chi connectivity index (χ3n) is 6.08. The van der Waals surface area contributed by atoms with E-state index in [1.807, 2.05) is 25.1 Å². The van der Waals surface area contributed by atoms with Gasteiger partial charge in [-0.2, -0.15) is 0 Å². The number of benzene rings is 2. The number of amides is 1. The van der Waals surface area contributed by atoms with Crippen molar-refractivity contribution in [2.45, 2.75) is 51.6 Å². The molecule has 1 aromatic heterocycles. The molecular formula is C25H27NO4. The first-order valence-corrected chi connectivity index (χ1v) is 10.8. The molecule has 1 aliphatic heterocycles. The van der Waals surface area contributed by atoms with Crippen LogP contribution in [-0.4, -0.2) is 25.2 Å². The van der Waals surface area contributed by atoms with Gasteiger partial charge in [0, 0.05) is 17.6 Å². The highest BCUT2D eigenvalue weighted by Crippen LogP contribution is 2.31. The summed E-state index contributed by atoms with van der Waals surface area (Å²) in [5, 5.41) is 4.07. The molecule has 1 amide bonds. The van der Waals surface area contributed by atoms with Gasteiger partial charge in [-0.1, -0.05) is 6.07 Å². The number of hydrogen-bond acceptors (Lipinski definition) is 4. The van der Waals surface area contributed by atoms with E-state index >= 15 is 0 Å². The van der Waals surface area contributed by atoms with Gasteiger partial charge in [-0.25, -0.2) is 0 Å². The quantitative estimate of drug-likeness (QED) is 0.629. The summed E-state index contributed by atoms with van der Waals surface area (Å²) in [7, 11) is 0. The molecule has 0 spiro atoms. The topological polar surface area (TPSA) is 60.7 Å². The van der Waals surface area contributed by atoms with Crippen LogP contribution in [0.15, 0.2) is 41.0 Å². The minimum atomic E-state index is -0.0796. The number of carbonyl (C=O) groups excluding carboxylic acids is 1. The maximum Gasteiger partial charge on any atom is 0.229 e. The fraction of sp³-hybridized carbons (Fsp3) is 0.400. The van der Waals surface area contributed by atoms with Crippen molar-refractivity contribution in [3.8, 4) is 5.75 Å². The average Bonchev–Trinajstić information content (AvgIpc) is 3.48. The summed E-state index contributed by atoms with van der Waals surface area (Å²) in [5.74, 6) is 0.609. The lowest BCUT2D eigenvalue weighted by molar-refractivity contribution is -0.115. The van der Waals surface area contributed by atoms with Gasteiger partial charge < -0.3 is 19.2 Å². The van der Waals surface area contributed by atoms with Gasteiger partial charge in [-0.15, -0.1) is 0 Å². The van der Waals surface area contributed by atoms with E-state index in [0.717, 1.165) is 54.4 Å². The second kappa shape index (κ2) is 8.15. The molecule has 0 bridgehead atoms. The lowest BCUT2D eigenvalue weighted by atomic mass is 10.0. The van der Waals surface area contributed by atoms with Crippen molar-refractivity contribution in [2.75, 3.05) is 18.5 Å². The predicted molar refractivity (Wildman–Crippen MR) is 116 cm³/mol. The number of fused-ring (bicyclic) bond motifs is 2. The third-order valence-corrected chi connectivity index (χ3v) is 6.08. The van der Waals surface area contributed by atoms with E-state index in [4.69, 9.17) is 13.9 Å². The molecule has 5 nitrogen and oxygen atoms in total. The molecule has 1 atom stereocenters. The minimum absolute atomic E-state index is 0.0796. The van der Waals surface area contributed by atoms with Gasteiger partial charge in [-0.05, 0) is 80.0 Å². The second-order valence-electron chi connectivity index (χ2n) is 8.40. The molecule has 1 saturated heterocycles. The first-order valence-electron chi connectivity index (χ1n) is 10.8. The monoisotopic (exact) mass is 405 g/mol. The maximum absolute atomic E-state index is 12.8. The van der Waals surface area contributed by atoms with Gasteiger partial charge in [0.2, 0.25) is 5.91 Å². The SMILES string of the molecule is Cc1ccc(NC(=O)Cc2coc3cc4c(cc23)CCC4)c(OCC2CCCO2)c1. The fourth-order valence-electron chi connectivity index (χ4n) is 4.46. The fourth-order valence-corrected chi connectivity index (χ4v) is 4.46. The number of anilines is 1. The average molecular weight is 405 g/mol. The van der Waals surface area contributed by atoms with Crippen LogP contribution in [-0.2, 0) is 28.8 Å². The van der Waals surface area contributed by atoms with Crippen LogP contribution in [0, 0.1) is 6.92 Å². The van der Waals surface area contributed by atoms with Gasteiger partial charge in [-0.3, -0.25) is 4.79 Å². The van der Waals surface area contributed by atoms with Crippen LogP contribution in [0.5, 0.6) is 5.75 Å². The summed E-state index contributed by atoms with van der Waals surface area (Å²) in [5.41, 5.74) is 6.33. The van der Waals surface area contributed by atoms with Crippen LogP contribution in [0.3, 0.4) is 0 Å². The third kappa shape index (κ3) is 3.94. The number of ether oxygens (including phenoxy) is 2. The Balaban J connectivity index is 1.30. The Bertz CT molecular complexity index is 1080. The van der Waals surface area contributed by atoms with Gasteiger partial charge in [0.1, 0.15) is 17.9 Å². The van der Waals surface area contributed by atoms with Crippen LogP contribution < -0.4 is 10.1 Å². The molecule has 5 heteroatoms. The van der Waals surface area contributed by atoms with Crippen molar-refractivity contribution in [1.82, 2.24) is 0 Å². The first kappa shape index (κ1) is 19.2. The standard InChI is InChI=1S/C25H27NO4/c1-16-7-8-22(24(10-16)30-15-20-6-3-9-28-20)26-25(27)13-19-14-29-23-12-18-5-2-4-17(18)11-21(19)23/h7-8,10-12,14,20H,2-6,9,13,15H2,1H3,(H,26,27). The zero-order valence-corrected chi connectivity index (χ0v) is 17.3. The molecule has 2 aromatic carbocycles. The van der Waals surface area contributed by atoms with Crippen molar-refractivity contribution in [2.24, 2.45) is 0 Å². The van der Waals surface area contributed by atoms with E-state index in [1.54, 1.807) is 6.26 Å². The Labute approximate surface area is 176 Å². The van der Waals surface area contributed by atoms with Gasteiger partial charge in [0.15, 0.2) is 0 Å². The van der Waals surface area contributed by atoms with Gasteiger partial charge in [0.25, 0.3) is 0 Å². The highest BCUT2D eigenvalue weighted by Gasteiger charge is 2.19. The molecule has 0 saturated carbocycles. The van der Waals surface area contributed by atoms with Crippen LogP contribution in [0.1, 0.15) is 41.5 Å². The summed E-state index contributed by atoms with van der Waals surface area (Å²) >= 11 is 0. The van der Waals surface area contributed by atoms with E-state index in [2.05, 4.69) is 17.4 Å². The number of aryl methyl sites for hydroxylation is 3. The highest BCUT2D eigenvalue weighted by atomic mass is 16.5. The molecular weight excluding hydrogens is 378 g/mol. The number of furan rings is 1. The van der Waals surface area contributed by atoms with Crippen molar-refractivity contribution in [3.05, 3.63) is 58.8 Å². The van der Waals surface area contributed by atoms with Crippen LogP contribution in [0.2, 0.25) is 0 Å². The molecule has 30 heavy (non-hydrogen) atoms. The van der Waals surface area contributed by atoms with Crippen LogP contribution in [0.25, 0.3) is 11.0 Å². The molecule has 1 unspecified atom stereocenters. The van der Waals surface area contributed by atoms with Gasteiger partial charge >= 0.3 is 0 Å². The summed E-state index contributed by atoms with van der Waals surface area (Å²) in [4.78, 5) is 12.8. The van der Waals surface area contributed by atoms with E-state index in [9.17, 15) is 4.79 Å². The number of hydrogen-bond donors (Lipinski definition) is 1. The minimum Gasteiger partial charge on any atom is -0.489 e. The molecule has 1 N–H and O–H groups in total. The number of carbonyl (C=O) groups is 1. The van der Waals surface area contributed by atoms with Crippen LogP contribution >= 0.6 is 0 Å². The largest absolute Gasteiger partial charge is 0.489 e. The maximum atomic E-state index is 12.8. The molecule has 0 radical (unpaired) electrons. The zero-order chi connectivity index (χ0) is 20.5. The second-order valence-corrected chi connectivity index (χ2v) is 8.40. The Morgan fingerprint density at radius 2 is 2.03 bits per heavy atom. The summed E-state index contributed by atoms with van der Waals surface area (Å²) in [6.07, 6.45) is 7.63. The zero-order valence-electron chi connectivity index (χ0n) is 17.3. The van der Waals surface area contributed by atoms with E-state index in [0.29, 0.717) is 18.0 Å². The van der Waals surface area contributed by atoms with Crippen molar-refractivity contribution < 1.29 is 18.7 Å². The lowest BCUT2D eigenvalue weighted by Gasteiger charge is -2.16. The Morgan fingerprint density at radius 1 is 1.17 bits per heavy atom. The normalized spacial score (nSPS) is 18.0. The van der Waals surface area contributed by atoms with Crippen LogP contribution in [0.4, 0.5) is 5.69 Å². The van der Waals surface area contributed by atoms with E-state index in [-0.39, 0.29) is 18.4 Å². The van der Waals surface area contributed by atoms with Crippen molar-refractivity contribution in [1.29, 1.82) is 0 Å². The molecule has 2 aliphatic rings. The summed E-state index contributed by atoms with van der Waals surface area (Å²) in [6.45, 7) is 3.32. The first-order chi connectivity index (χ1) is 14.7. The molecule has 156 valence electrons. The Kier molecular flexibility index (Phi) is 5.21. The Morgan fingerprint density at radius 3 is 2.87 bits per heavy atom. The lowest BCUT2D eigenvalue weighted by Crippen LogP contribution is -2.19. The number of nitrogens with one attached hydrogen (secondary N) is 1. The molecule has 3 aromatic rings. The van der Waals surface area contributed by atoms with E-state index in [1.165, 1.54) is 17.5 Å². The molecule has 1 fully saturated rings. The smallest absolute Gasteiger partial charge is 0.229 e. The van der Waals surface area contributed by atoms with Crippen molar-refractivity contribution >= 4 is 22.6 Å². The van der Waals surface area contributed by atoms with Gasteiger partial charge in [0.05, 0.1) is 24.5 Å². The molecule has 5 rings (SSSR count).